The number of anilines is 2. The molecule has 0 saturated heterocycles. The maximum Gasteiger partial charge on any atom is 0.416 e. The van der Waals surface area contributed by atoms with E-state index in [2.05, 4.69) is 15.6 Å². The minimum absolute atomic E-state index is 0.0456. The Morgan fingerprint density at radius 2 is 1.79 bits per heavy atom. The number of carbonyl (C=O) groups is 1. The number of para-hydroxylation sites is 1. The average molecular weight is 387 g/mol. The van der Waals surface area contributed by atoms with Crippen molar-refractivity contribution in [2.75, 3.05) is 10.6 Å². The molecule has 8 heteroatoms. The van der Waals surface area contributed by atoms with Crippen LogP contribution in [0.3, 0.4) is 0 Å². The van der Waals surface area contributed by atoms with E-state index < -0.39 is 17.6 Å². The lowest BCUT2D eigenvalue weighted by Crippen LogP contribution is -2.16. The first-order valence-electron chi connectivity index (χ1n) is 8.32. The molecule has 1 aromatic heterocycles. The first-order valence-corrected chi connectivity index (χ1v) is 8.32. The molecule has 1 amide bonds. The Labute approximate surface area is 158 Å². The quantitative estimate of drug-likeness (QED) is 0.613. The van der Waals surface area contributed by atoms with E-state index in [1.165, 1.54) is 24.4 Å². The van der Waals surface area contributed by atoms with Gasteiger partial charge in [0.15, 0.2) is 0 Å². The van der Waals surface area contributed by atoms with Crippen LogP contribution in [0.1, 0.15) is 21.5 Å². The van der Waals surface area contributed by atoms with E-state index in [0.29, 0.717) is 12.2 Å². The van der Waals surface area contributed by atoms with Gasteiger partial charge in [-0.05, 0) is 42.0 Å². The smallest absolute Gasteiger partial charge is 0.380 e. The summed E-state index contributed by atoms with van der Waals surface area (Å²) in [6, 6.07) is 14.2. The molecule has 3 N–H and O–H groups in total. The standard InChI is InChI=1S/C20H16F3N3O2/c21-20(22,23)14-4-3-5-15(11-14)26-19(28)16-6-1-2-7-17(16)25-12-13-8-9-24-18(27)10-13/h1-11,25H,12H2,(H,24,27)(H,26,28). The number of alkyl halides is 3. The summed E-state index contributed by atoms with van der Waals surface area (Å²) in [5.74, 6) is -0.548. The number of pyridine rings is 1. The summed E-state index contributed by atoms with van der Waals surface area (Å²) < 4.78 is 38.5. The van der Waals surface area contributed by atoms with Gasteiger partial charge in [-0.3, -0.25) is 9.59 Å². The van der Waals surface area contributed by atoms with Crippen molar-refractivity contribution in [2.45, 2.75) is 12.7 Å². The summed E-state index contributed by atoms with van der Waals surface area (Å²) in [7, 11) is 0. The number of benzene rings is 2. The average Bonchev–Trinajstić information content (AvgIpc) is 2.66. The molecule has 0 radical (unpaired) electrons. The van der Waals surface area contributed by atoms with Gasteiger partial charge >= 0.3 is 6.18 Å². The van der Waals surface area contributed by atoms with Crippen molar-refractivity contribution in [2.24, 2.45) is 0 Å². The number of hydrogen-bond donors (Lipinski definition) is 3. The molecule has 0 unspecified atom stereocenters. The SMILES string of the molecule is O=C(Nc1cccc(C(F)(F)F)c1)c1ccccc1NCc1cc[nH]c(=O)c1. The molecule has 5 nitrogen and oxygen atoms in total. The Morgan fingerprint density at radius 3 is 2.54 bits per heavy atom. The zero-order chi connectivity index (χ0) is 20.1. The molecule has 2 aromatic carbocycles. The summed E-state index contributed by atoms with van der Waals surface area (Å²) in [5.41, 5.74) is 0.443. The van der Waals surface area contributed by atoms with E-state index in [1.54, 1.807) is 30.3 Å². The summed E-state index contributed by atoms with van der Waals surface area (Å²) in [5, 5.41) is 5.55. The van der Waals surface area contributed by atoms with E-state index in [-0.39, 0.29) is 16.8 Å². The molecule has 0 spiro atoms. The van der Waals surface area contributed by atoms with Gasteiger partial charge in [0.25, 0.3) is 5.91 Å². The van der Waals surface area contributed by atoms with Crippen LogP contribution in [0.5, 0.6) is 0 Å². The van der Waals surface area contributed by atoms with Crippen molar-refractivity contribution in [3.05, 3.63) is 93.9 Å². The molecule has 0 aliphatic rings. The van der Waals surface area contributed by atoms with E-state index in [0.717, 1.165) is 17.7 Å². The number of hydrogen-bond acceptors (Lipinski definition) is 3. The zero-order valence-corrected chi connectivity index (χ0v) is 14.5. The van der Waals surface area contributed by atoms with E-state index in [4.69, 9.17) is 0 Å². The second-order valence-electron chi connectivity index (χ2n) is 5.99. The van der Waals surface area contributed by atoms with Crippen molar-refractivity contribution in [3.8, 4) is 0 Å². The Bertz CT molecular complexity index is 1040. The minimum Gasteiger partial charge on any atom is -0.380 e. The van der Waals surface area contributed by atoms with E-state index in [1.807, 2.05) is 0 Å². The third kappa shape index (κ3) is 4.79. The molecule has 0 bridgehead atoms. The predicted octanol–water partition coefficient (Wildman–Crippen LogP) is 4.26. The van der Waals surface area contributed by atoms with Crippen molar-refractivity contribution in [1.29, 1.82) is 0 Å². The lowest BCUT2D eigenvalue weighted by atomic mass is 10.1. The van der Waals surface area contributed by atoms with Gasteiger partial charge in [-0.15, -0.1) is 0 Å². The van der Waals surface area contributed by atoms with Crippen LogP contribution < -0.4 is 16.2 Å². The van der Waals surface area contributed by atoms with Crippen molar-refractivity contribution < 1.29 is 18.0 Å². The molecule has 1 heterocycles. The van der Waals surface area contributed by atoms with Gasteiger partial charge in [0.05, 0.1) is 11.1 Å². The van der Waals surface area contributed by atoms with Gasteiger partial charge in [-0.25, -0.2) is 0 Å². The molecule has 28 heavy (non-hydrogen) atoms. The molecular formula is C20H16F3N3O2. The van der Waals surface area contributed by atoms with Crippen LogP contribution in [-0.2, 0) is 12.7 Å². The molecule has 0 aliphatic heterocycles. The highest BCUT2D eigenvalue weighted by atomic mass is 19.4. The van der Waals surface area contributed by atoms with Crippen LogP contribution >= 0.6 is 0 Å². The number of aromatic nitrogens is 1. The number of amides is 1. The number of halogens is 3. The predicted molar refractivity (Wildman–Crippen MR) is 100 cm³/mol. The normalized spacial score (nSPS) is 11.1. The fraction of sp³-hybridized carbons (Fsp3) is 0.100. The molecule has 3 rings (SSSR count). The third-order valence-corrected chi connectivity index (χ3v) is 3.94. The van der Waals surface area contributed by atoms with Crippen LogP contribution in [0.15, 0.2) is 71.7 Å². The first-order chi connectivity index (χ1) is 13.3. The van der Waals surface area contributed by atoms with Crippen molar-refractivity contribution in [3.63, 3.8) is 0 Å². The third-order valence-electron chi connectivity index (χ3n) is 3.94. The Balaban J connectivity index is 1.77. The van der Waals surface area contributed by atoms with Gasteiger partial charge < -0.3 is 15.6 Å². The van der Waals surface area contributed by atoms with Gasteiger partial charge in [0.2, 0.25) is 5.56 Å². The Hall–Kier alpha value is -3.55. The van der Waals surface area contributed by atoms with Crippen molar-refractivity contribution in [1.82, 2.24) is 4.98 Å². The molecular weight excluding hydrogens is 371 g/mol. The molecule has 0 fully saturated rings. The van der Waals surface area contributed by atoms with Gasteiger partial charge in [-0.2, -0.15) is 13.2 Å². The number of carbonyl (C=O) groups excluding carboxylic acids is 1. The van der Waals surface area contributed by atoms with Gasteiger partial charge in [-0.1, -0.05) is 18.2 Å². The molecule has 3 aromatic rings. The fourth-order valence-corrected chi connectivity index (χ4v) is 2.60. The van der Waals surface area contributed by atoms with Crippen LogP contribution in [0.25, 0.3) is 0 Å². The Kier molecular flexibility index (Phi) is 5.49. The summed E-state index contributed by atoms with van der Waals surface area (Å²) in [4.78, 5) is 26.4. The lowest BCUT2D eigenvalue weighted by molar-refractivity contribution is -0.137. The summed E-state index contributed by atoms with van der Waals surface area (Å²) in [6.45, 7) is 0.303. The maximum atomic E-state index is 12.8. The highest BCUT2D eigenvalue weighted by molar-refractivity contribution is 6.08. The zero-order valence-electron chi connectivity index (χ0n) is 14.5. The highest BCUT2D eigenvalue weighted by Crippen LogP contribution is 2.31. The summed E-state index contributed by atoms with van der Waals surface area (Å²) >= 11 is 0. The van der Waals surface area contributed by atoms with E-state index in [9.17, 15) is 22.8 Å². The minimum atomic E-state index is -4.49. The second-order valence-corrected chi connectivity index (χ2v) is 5.99. The van der Waals surface area contributed by atoms with Crippen LogP contribution in [-0.4, -0.2) is 10.9 Å². The monoisotopic (exact) mass is 387 g/mol. The summed E-state index contributed by atoms with van der Waals surface area (Å²) in [6.07, 6.45) is -2.97. The number of rotatable bonds is 5. The fourth-order valence-electron chi connectivity index (χ4n) is 2.60. The molecule has 0 saturated carbocycles. The second kappa shape index (κ2) is 7.99. The topological polar surface area (TPSA) is 74.0 Å². The molecule has 0 atom stereocenters. The Morgan fingerprint density at radius 1 is 1.00 bits per heavy atom. The van der Waals surface area contributed by atoms with Gasteiger partial charge in [0.1, 0.15) is 0 Å². The van der Waals surface area contributed by atoms with E-state index >= 15 is 0 Å². The maximum absolute atomic E-state index is 12.8. The molecule has 0 aliphatic carbocycles. The van der Waals surface area contributed by atoms with Crippen LogP contribution in [0.4, 0.5) is 24.5 Å². The van der Waals surface area contributed by atoms with Crippen LogP contribution in [0.2, 0.25) is 0 Å². The van der Waals surface area contributed by atoms with Gasteiger partial charge in [0, 0.05) is 30.2 Å². The lowest BCUT2D eigenvalue weighted by Gasteiger charge is -2.13. The number of aromatic amines is 1. The van der Waals surface area contributed by atoms with Crippen molar-refractivity contribution >= 4 is 17.3 Å². The highest BCUT2D eigenvalue weighted by Gasteiger charge is 2.30. The number of H-pyrrole nitrogens is 1. The molecule has 144 valence electrons. The largest absolute Gasteiger partial charge is 0.416 e. The first kappa shape index (κ1) is 19.2. The van der Waals surface area contributed by atoms with Crippen LogP contribution in [0, 0.1) is 0 Å². The number of nitrogens with one attached hydrogen (secondary N) is 3.